The smallest absolute Gasteiger partial charge is 0.0412 e. The standard InChI is InChI=1S/C16H25NS/c1-13-8-6-7-11-15(13)16(17-2)12-18-14-9-4-3-5-10-14/h6-8,11,14,16-17H,3-5,9-10,12H2,1-2H3. The molecule has 0 amide bonds. The van der Waals surface area contributed by atoms with Gasteiger partial charge >= 0.3 is 0 Å². The van der Waals surface area contributed by atoms with E-state index < -0.39 is 0 Å². The molecule has 1 N–H and O–H groups in total. The van der Waals surface area contributed by atoms with Gasteiger partial charge in [-0.3, -0.25) is 0 Å². The predicted octanol–water partition coefficient (Wildman–Crippen LogP) is 4.32. The Kier molecular flexibility index (Phi) is 5.58. The van der Waals surface area contributed by atoms with E-state index in [-0.39, 0.29) is 0 Å². The molecule has 1 saturated carbocycles. The van der Waals surface area contributed by atoms with Crippen LogP contribution in [0.25, 0.3) is 0 Å². The Bertz CT molecular complexity index is 358. The van der Waals surface area contributed by atoms with Crippen LogP contribution in [-0.2, 0) is 0 Å². The SMILES string of the molecule is CNC(CSC1CCCCC1)c1ccccc1C. The third-order valence-electron chi connectivity index (χ3n) is 3.96. The maximum atomic E-state index is 3.48. The highest BCUT2D eigenvalue weighted by Crippen LogP contribution is 2.31. The van der Waals surface area contributed by atoms with Gasteiger partial charge in [-0.05, 0) is 37.9 Å². The summed E-state index contributed by atoms with van der Waals surface area (Å²) in [6.45, 7) is 2.21. The Balaban J connectivity index is 1.91. The Morgan fingerprint density at radius 3 is 2.61 bits per heavy atom. The molecule has 1 aromatic rings. The van der Waals surface area contributed by atoms with Crippen LogP contribution in [0, 0.1) is 6.92 Å². The molecule has 1 aromatic carbocycles. The molecule has 0 heterocycles. The minimum Gasteiger partial charge on any atom is -0.312 e. The zero-order valence-corrected chi connectivity index (χ0v) is 12.4. The Hall–Kier alpha value is -0.470. The molecule has 1 aliphatic rings. The molecule has 0 spiro atoms. The summed E-state index contributed by atoms with van der Waals surface area (Å²) in [6, 6.07) is 9.25. The zero-order valence-electron chi connectivity index (χ0n) is 11.6. The Morgan fingerprint density at radius 2 is 1.94 bits per heavy atom. The number of thioether (sulfide) groups is 1. The van der Waals surface area contributed by atoms with Crippen LogP contribution >= 0.6 is 11.8 Å². The van der Waals surface area contributed by atoms with Gasteiger partial charge in [-0.25, -0.2) is 0 Å². The summed E-state index contributed by atoms with van der Waals surface area (Å²) in [5.74, 6) is 1.20. The third kappa shape index (κ3) is 3.76. The first-order valence-corrected chi connectivity index (χ1v) is 8.20. The van der Waals surface area contributed by atoms with Crippen LogP contribution in [0.3, 0.4) is 0 Å². The fourth-order valence-electron chi connectivity index (χ4n) is 2.77. The zero-order chi connectivity index (χ0) is 12.8. The van der Waals surface area contributed by atoms with E-state index in [1.165, 1.54) is 49.0 Å². The number of benzene rings is 1. The summed E-state index contributed by atoms with van der Waals surface area (Å²) in [7, 11) is 2.08. The van der Waals surface area contributed by atoms with Crippen LogP contribution < -0.4 is 5.32 Å². The summed E-state index contributed by atoms with van der Waals surface area (Å²) < 4.78 is 0. The maximum Gasteiger partial charge on any atom is 0.0412 e. The second kappa shape index (κ2) is 7.20. The van der Waals surface area contributed by atoms with Crippen molar-refractivity contribution in [2.45, 2.75) is 50.3 Å². The van der Waals surface area contributed by atoms with Gasteiger partial charge in [0.15, 0.2) is 0 Å². The number of hydrogen-bond donors (Lipinski definition) is 1. The van der Waals surface area contributed by atoms with Crippen molar-refractivity contribution in [2.75, 3.05) is 12.8 Å². The van der Waals surface area contributed by atoms with Crippen LogP contribution in [0.1, 0.15) is 49.3 Å². The number of rotatable bonds is 5. The molecule has 1 nitrogen and oxygen atoms in total. The van der Waals surface area contributed by atoms with Crippen LogP contribution in [0.15, 0.2) is 24.3 Å². The highest BCUT2D eigenvalue weighted by Gasteiger charge is 2.17. The average Bonchev–Trinajstić information content (AvgIpc) is 2.42. The summed E-state index contributed by atoms with van der Waals surface area (Å²) in [4.78, 5) is 0. The second-order valence-corrected chi connectivity index (χ2v) is 6.62. The Morgan fingerprint density at radius 1 is 1.22 bits per heavy atom. The minimum atomic E-state index is 0.498. The van der Waals surface area contributed by atoms with Gasteiger partial charge in [-0.15, -0.1) is 0 Å². The van der Waals surface area contributed by atoms with Crippen LogP contribution in [-0.4, -0.2) is 18.1 Å². The molecular formula is C16H25NS. The molecule has 1 fully saturated rings. The van der Waals surface area contributed by atoms with E-state index in [9.17, 15) is 0 Å². The maximum absolute atomic E-state index is 3.48. The summed E-state index contributed by atoms with van der Waals surface area (Å²) in [5, 5.41) is 4.38. The van der Waals surface area contributed by atoms with Gasteiger partial charge in [0.1, 0.15) is 0 Å². The number of nitrogens with one attached hydrogen (secondary N) is 1. The summed E-state index contributed by atoms with van der Waals surface area (Å²) >= 11 is 2.17. The van der Waals surface area contributed by atoms with Crippen molar-refractivity contribution in [3.05, 3.63) is 35.4 Å². The molecule has 1 unspecified atom stereocenters. The van der Waals surface area contributed by atoms with E-state index >= 15 is 0 Å². The first-order valence-electron chi connectivity index (χ1n) is 7.15. The highest BCUT2D eigenvalue weighted by molar-refractivity contribution is 7.99. The van der Waals surface area contributed by atoms with Crippen molar-refractivity contribution in [3.63, 3.8) is 0 Å². The van der Waals surface area contributed by atoms with E-state index in [1.54, 1.807) is 0 Å². The van der Waals surface area contributed by atoms with Crippen molar-refractivity contribution in [2.24, 2.45) is 0 Å². The second-order valence-electron chi connectivity index (χ2n) is 5.29. The molecule has 0 radical (unpaired) electrons. The molecule has 0 saturated heterocycles. The fraction of sp³-hybridized carbons (Fsp3) is 0.625. The normalized spacial score (nSPS) is 18.8. The average molecular weight is 263 g/mol. The third-order valence-corrected chi connectivity index (χ3v) is 5.43. The van der Waals surface area contributed by atoms with E-state index in [1.807, 2.05) is 0 Å². The topological polar surface area (TPSA) is 12.0 Å². The molecule has 100 valence electrons. The van der Waals surface area contributed by atoms with Crippen molar-refractivity contribution >= 4 is 11.8 Å². The lowest BCUT2D eigenvalue weighted by molar-refractivity contribution is 0.514. The largest absolute Gasteiger partial charge is 0.312 e. The highest BCUT2D eigenvalue weighted by atomic mass is 32.2. The van der Waals surface area contributed by atoms with Gasteiger partial charge in [0, 0.05) is 17.0 Å². The van der Waals surface area contributed by atoms with Gasteiger partial charge in [-0.1, -0.05) is 43.5 Å². The van der Waals surface area contributed by atoms with Gasteiger partial charge in [0.05, 0.1) is 0 Å². The van der Waals surface area contributed by atoms with E-state index in [0.29, 0.717) is 6.04 Å². The summed E-state index contributed by atoms with van der Waals surface area (Å²) in [5.41, 5.74) is 2.87. The molecule has 2 heteroatoms. The quantitative estimate of drug-likeness (QED) is 0.849. The molecule has 0 aromatic heterocycles. The molecule has 2 rings (SSSR count). The van der Waals surface area contributed by atoms with Crippen molar-refractivity contribution in [1.82, 2.24) is 5.32 Å². The van der Waals surface area contributed by atoms with E-state index in [0.717, 1.165) is 5.25 Å². The van der Waals surface area contributed by atoms with E-state index in [2.05, 4.69) is 55.3 Å². The first kappa shape index (κ1) is 14.0. The molecule has 1 aliphatic carbocycles. The monoisotopic (exact) mass is 263 g/mol. The lowest BCUT2D eigenvalue weighted by Gasteiger charge is -2.24. The molecule has 18 heavy (non-hydrogen) atoms. The molecule has 0 aliphatic heterocycles. The Labute approximate surface area is 116 Å². The van der Waals surface area contributed by atoms with Crippen LogP contribution in [0.4, 0.5) is 0 Å². The van der Waals surface area contributed by atoms with Gasteiger partial charge in [0.2, 0.25) is 0 Å². The fourth-order valence-corrected chi connectivity index (χ4v) is 4.25. The summed E-state index contributed by atoms with van der Waals surface area (Å²) in [6.07, 6.45) is 7.17. The minimum absolute atomic E-state index is 0.498. The van der Waals surface area contributed by atoms with Crippen LogP contribution in [0.5, 0.6) is 0 Å². The number of hydrogen-bond acceptors (Lipinski definition) is 2. The lowest BCUT2D eigenvalue weighted by Crippen LogP contribution is -2.21. The number of aryl methyl sites for hydroxylation is 1. The molecule has 1 atom stereocenters. The van der Waals surface area contributed by atoms with Gasteiger partial charge in [0.25, 0.3) is 0 Å². The molecular weight excluding hydrogens is 238 g/mol. The van der Waals surface area contributed by atoms with Gasteiger partial charge < -0.3 is 5.32 Å². The molecule has 0 bridgehead atoms. The first-order chi connectivity index (χ1) is 8.81. The van der Waals surface area contributed by atoms with Crippen molar-refractivity contribution < 1.29 is 0 Å². The van der Waals surface area contributed by atoms with Crippen molar-refractivity contribution in [1.29, 1.82) is 0 Å². The van der Waals surface area contributed by atoms with E-state index in [4.69, 9.17) is 0 Å². The van der Waals surface area contributed by atoms with Gasteiger partial charge in [-0.2, -0.15) is 11.8 Å². The lowest BCUT2D eigenvalue weighted by atomic mass is 10.0. The van der Waals surface area contributed by atoms with Crippen LogP contribution in [0.2, 0.25) is 0 Å². The van der Waals surface area contributed by atoms with Crippen molar-refractivity contribution in [3.8, 4) is 0 Å². The predicted molar refractivity (Wildman–Crippen MR) is 82.3 cm³/mol.